The summed E-state index contributed by atoms with van der Waals surface area (Å²) >= 11 is 0. The van der Waals surface area contributed by atoms with Crippen LogP contribution in [-0.2, 0) is 4.74 Å². The largest absolute Gasteiger partial charge is 0.397 e. The average Bonchev–Trinajstić information content (AvgIpc) is 2.34. The molecule has 1 atom stereocenters. The number of hydrogen-bond donors (Lipinski definition) is 1. The first-order valence-electron chi connectivity index (χ1n) is 6.32. The Morgan fingerprint density at radius 2 is 2.29 bits per heavy atom. The van der Waals surface area contributed by atoms with E-state index in [0.717, 1.165) is 36.7 Å². The fourth-order valence-corrected chi connectivity index (χ4v) is 2.44. The maximum atomic E-state index is 6.12. The number of nitrogens with zero attached hydrogens (tertiary/aromatic N) is 1. The average molecular weight is 234 g/mol. The van der Waals surface area contributed by atoms with Gasteiger partial charge in [-0.2, -0.15) is 0 Å². The maximum Gasteiger partial charge on any atom is 0.0600 e. The molecule has 1 unspecified atom stereocenters. The molecule has 3 nitrogen and oxygen atoms in total. The zero-order valence-electron chi connectivity index (χ0n) is 10.8. The highest BCUT2D eigenvalue weighted by Gasteiger charge is 2.17. The monoisotopic (exact) mass is 234 g/mol. The molecule has 3 heteroatoms. The first-order chi connectivity index (χ1) is 8.18. The molecule has 0 amide bonds. The Balaban J connectivity index is 2.03. The molecule has 2 rings (SSSR count). The van der Waals surface area contributed by atoms with E-state index < -0.39 is 0 Å². The molecule has 0 saturated carbocycles. The molecule has 0 radical (unpaired) electrons. The molecule has 0 aromatic heterocycles. The Labute approximate surface area is 104 Å². The van der Waals surface area contributed by atoms with Gasteiger partial charge in [0.2, 0.25) is 0 Å². The minimum Gasteiger partial charge on any atom is -0.397 e. The summed E-state index contributed by atoms with van der Waals surface area (Å²) < 4.78 is 5.51. The number of rotatable bonds is 3. The van der Waals surface area contributed by atoms with E-state index >= 15 is 0 Å². The summed E-state index contributed by atoms with van der Waals surface area (Å²) in [6.07, 6.45) is 2.44. The highest BCUT2D eigenvalue weighted by molar-refractivity contribution is 5.70. The zero-order valence-corrected chi connectivity index (χ0v) is 10.8. The molecule has 0 aliphatic carbocycles. The summed E-state index contributed by atoms with van der Waals surface area (Å²) in [5.74, 6) is 0.633. The molecule has 1 fully saturated rings. The van der Waals surface area contributed by atoms with Crippen LogP contribution in [0.5, 0.6) is 0 Å². The van der Waals surface area contributed by atoms with Crippen molar-refractivity contribution < 1.29 is 4.74 Å². The van der Waals surface area contributed by atoms with Crippen molar-refractivity contribution in [2.24, 2.45) is 5.92 Å². The van der Waals surface area contributed by atoms with Gasteiger partial charge in [-0.1, -0.05) is 12.1 Å². The van der Waals surface area contributed by atoms with E-state index in [9.17, 15) is 0 Å². The van der Waals surface area contributed by atoms with Crippen LogP contribution in [0.4, 0.5) is 11.4 Å². The molecular formula is C14H22N2O. The van der Waals surface area contributed by atoms with Crippen LogP contribution in [-0.4, -0.2) is 26.8 Å². The molecule has 1 aromatic rings. The molecule has 1 aliphatic heterocycles. The fraction of sp³-hybridized carbons (Fsp3) is 0.571. The highest BCUT2D eigenvalue weighted by Crippen LogP contribution is 2.26. The summed E-state index contributed by atoms with van der Waals surface area (Å²) in [5, 5.41) is 0. The number of ether oxygens (including phenoxy) is 1. The molecule has 1 aromatic carbocycles. The van der Waals surface area contributed by atoms with E-state index in [2.05, 4.69) is 37.1 Å². The number of para-hydroxylation sites is 1. The SMILES string of the molecule is Cc1cccc(N(C)CC2CCCOC2)c1N. The second-order valence-electron chi connectivity index (χ2n) is 4.97. The van der Waals surface area contributed by atoms with Gasteiger partial charge in [-0.05, 0) is 37.3 Å². The van der Waals surface area contributed by atoms with Gasteiger partial charge in [0, 0.05) is 20.2 Å². The van der Waals surface area contributed by atoms with E-state index in [1.54, 1.807) is 0 Å². The number of nitrogen functional groups attached to an aromatic ring is 1. The van der Waals surface area contributed by atoms with Crippen LogP contribution < -0.4 is 10.6 Å². The summed E-state index contributed by atoms with van der Waals surface area (Å²) in [6.45, 7) is 4.88. The minimum atomic E-state index is 0.633. The van der Waals surface area contributed by atoms with Crippen molar-refractivity contribution in [2.45, 2.75) is 19.8 Å². The van der Waals surface area contributed by atoms with Crippen LogP contribution in [0.15, 0.2) is 18.2 Å². The van der Waals surface area contributed by atoms with Crippen molar-refractivity contribution in [2.75, 3.05) is 37.4 Å². The Hall–Kier alpha value is -1.22. The molecule has 17 heavy (non-hydrogen) atoms. The molecule has 2 N–H and O–H groups in total. The third kappa shape index (κ3) is 2.91. The molecule has 0 spiro atoms. The van der Waals surface area contributed by atoms with E-state index in [4.69, 9.17) is 10.5 Å². The number of aryl methyl sites for hydroxylation is 1. The van der Waals surface area contributed by atoms with Gasteiger partial charge in [0.05, 0.1) is 18.0 Å². The van der Waals surface area contributed by atoms with Crippen LogP contribution in [0.25, 0.3) is 0 Å². The smallest absolute Gasteiger partial charge is 0.0600 e. The number of benzene rings is 1. The van der Waals surface area contributed by atoms with Crippen LogP contribution in [0.1, 0.15) is 18.4 Å². The second-order valence-corrected chi connectivity index (χ2v) is 4.97. The Bertz CT molecular complexity index is 372. The van der Waals surface area contributed by atoms with Crippen LogP contribution in [0, 0.1) is 12.8 Å². The van der Waals surface area contributed by atoms with Gasteiger partial charge < -0.3 is 15.4 Å². The van der Waals surface area contributed by atoms with Gasteiger partial charge >= 0.3 is 0 Å². The standard InChI is InChI=1S/C14H22N2O/c1-11-5-3-7-13(14(11)15)16(2)9-12-6-4-8-17-10-12/h3,5,7,12H,4,6,8-10,15H2,1-2H3. The van der Waals surface area contributed by atoms with Crippen molar-refractivity contribution in [3.8, 4) is 0 Å². The number of anilines is 2. The van der Waals surface area contributed by atoms with Crippen molar-refractivity contribution in [3.05, 3.63) is 23.8 Å². The van der Waals surface area contributed by atoms with E-state index in [1.165, 1.54) is 12.8 Å². The number of nitrogens with two attached hydrogens (primary N) is 1. The third-order valence-electron chi connectivity index (χ3n) is 3.50. The Morgan fingerprint density at radius 3 is 3.00 bits per heavy atom. The zero-order chi connectivity index (χ0) is 12.3. The van der Waals surface area contributed by atoms with Crippen LogP contribution in [0.2, 0.25) is 0 Å². The predicted octanol–water partition coefficient (Wildman–Crippen LogP) is 2.44. The first kappa shape index (κ1) is 12.2. The van der Waals surface area contributed by atoms with Crippen LogP contribution in [0.3, 0.4) is 0 Å². The Kier molecular flexibility index (Phi) is 3.89. The summed E-state index contributed by atoms with van der Waals surface area (Å²) in [4.78, 5) is 2.25. The highest BCUT2D eigenvalue weighted by atomic mass is 16.5. The van der Waals surface area contributed by atoms with Crippen LogP contribution >= 0.6 is 0 Å². The quantitative estimate of drug-likeness (QED) is 0.816. The fourth-order valence-electron chi connectivity index (χ4n) is 2.44. The normalized spacial score (nSPS) is 20.2. The summed E-state index contributed by atoms with van der Waals surface area (Å²) in [6, 6.07) is 6.21. The molecule has 1 aliphatic rings. The van der Waals surface area contributed by atoms with Gasteiger partial charge in [-0.25, -0.2) is 0 Å². The van der Waals surface area contributed by atoms with E-state index in [1.807, 2.05) is 0 Å². The minimum absolute atomic E-state index is 0.633. The van der Waals surface area contributed by atoms with Crippen molar-refractivity contribution >= 4 is 11.4 Å². The topological polar surface area (TPSA) is 38.5 Å². The molecule has 1 saturated heterocycles. The lowest BCUT2D eigenvalue weighted by Gasteiger charge is -2.29. The number of hydrogen-bond acceptors (Lipinski definition) is 3. The van der Waals surface area contributed by atoms with Gasteiger partial charge in [0.15, 0.2) is 0 Å². The molecule has 0 bridgehead atoms. The van der Waals surface area contributed by atoms with Crippen molar-refractivity contribution in [1.29, 1.82) is 0 Å². The van der Waals surface area contributed by atoms with Crippen molar-refractivity contribution in [3.63, 3.8) is 0 Å². The molecular weight excluding hydrogens is 212 g/mol. The van der Waals surface area contributed by atoms with Crippen molar-refractivity contribution in [1.82, 2.24) is 0 Å². The van der Waals surface area contributed by atoms with Gasteiger partial charge in [-0.3, -0.25) is 0 Å². The summed E-state index contributed by atoms with van der Waals surface area (Å²) in [5.41, 5.74) is 9.29. The maximum absolute atomic E-state index is 6.12. The van der Waals surface area contributed by atoms with Gasteiger partial charge in [0.25, 0.3) is 0 Å². The Morgan fingerprint density at radius 1 is 1.47 bits per heavy atom. The van der Waals surface area contributed by atoms with E-state index in [-0.39, 0.29) is 0 Å². The lowest BCUT2D eigenvalue weighted by atomic mass is 10.0. The lowest BCUT2D eigenvalue weighted by Crippen LogP contribution is -2.31. The first-order valence-corrected chi connectivity index (χ1v) is 6.32. The second kappa shape index (κ2) is 5.41. The molecule has 1 heterocycles. The van der Waals surface area contributed by atoms with Gasteiger partial charge in [0.1, 0.15) is 0 Å². The lowest BCUT2D eigenvalue weighted by molar-refractivity contribution is 0.0576. The van der Waals surface area contributed by atoms with E-state index in [0.29, 0.717) is 5.92 Å². The molecule has 94 valence electrons. The predicted molar refractivity (Wildman–Crippen MR) is 72.4 cm³/mol. The summed E-state index contributed by atoms with van der Waals surface area (Å²) in [7, 11) is 2.11. The van der Waals surface area contributed by atoms with Gasteiger partial charge in [-0.15, -0.1) is 0 Å². The third-order valence-corrected chi connectivity index (χ3v) is 3.50.